The van der Waals surface area contributed by atoms with Crippen LogP contribution in [0.3, 0.4) is 0 Å². The Labute approximate surface area is 108 Å². The quantitative estimate of drug-likeness (QED) is 0.469. The van der Waals surface area contributed by atoms with Crippen molar-refractivity contribution in [2.45, 2.75) is 46.1 Å². The van der Waals surface area contributed by atoms with Crippen molar-refractivity contribution in [1.29, 1.82) is 0 Å². The summed E-state index contributed by atoms with van der Waals surface area (Å²) in [5.74, 6) is -2.44. The van der Waals surface area contributed by atoms with Gasteiger partial charge < -0.3 is 15.7 Å². The van der Waals surface area contributed by atoms with Crippen molar-refractivity contribution in [3.63, 3.8) is 0 Å². The highest BCUT2D eigenvalue weighted by Crippen LogP contribution is 2.26. The number of carboxylic acid groups (broad SMARTS) is 1. The van der Waals surface area contributed by atoms with Gasteiger partial charge in [0.05, 0.1) is 0 Å². The average Bonchev–Trinajstić information content (AvgIpc) is 2.97. The zero-order chi connectivity index (χ0) is 13.8. The SMILES string of the molecule is CC(C)(C)C(C(=O)O)C(=O)NCCCNC1CC1. The summed E-state index contributed by atoms with van der Waals surface area (Å²) in [4.78, 5) is 22.9. The molecule has 0 aliphatic heterocycles. The molecule has 0 saturated heterocycles. The second-order valence-corrected chi connectivity index (χ2v) is 6.01. The third-order valence-electron chi connectivity index (χ3n) is 3.04. The third-order valence-corrected chi connectivity index (χ3v) is 3.04. The van der Waals surface area contributed by atoms with Crippen LogP contribution in [-0.4, -0.2) is 36.1 Å². The lowest BCUT2D eigenvalue weighted by Crippen LogP contribution is -2.43. The molecule has 1 fully saturated rings. The van der Waals surface area contributed by atoms with Crippen LogP contribution in [0, 0.1) is 11.3 Å². The summed E-state index contributed by atoms with van der Waals surface area (Å²) in [6.07, 6.45) is 3.33. The van der Waals surface area contributed by atoms with Crippen molar-refractivity contribution in [1.82, 2.24) is 10.6 Å². The molecule has 1 amide bonds. The number of nitrogens with one attached hydrogen (secondary N) is 2. The molecule has 5 nitrogen and oxygen atoms in total. The molecule has 0 radical (unpaired) electrons. The lowest BCUT2D eigenvalue weighted by Gasteiger charge is -2.25. The van der Waals surface area contributed by atoms with Crippen LogP contribution >= 0.6 is 0 Å². The van der Waals surface area contributed by atoms with Crippen LogP contribution in [0.2, 0.25) is 0 Å². The van der Waals surface area contributed by atoms with Crippen LogP contribution in [0.4, 0.5) is 0 Å². The molecule has 1 saturated carbocycles. The Morgan fingerprint density at radius 1 is 1.28 bits per heavy atom. The van der Waals surface area contributed by atoms with Crippen molar-refractivity contribution in [3.8, 4) is 0 Å². The third kappa shape index (κ3) is 5.04. The minimum absolute atomic E-state index is 0.388. The lowest BCUT2D eigenvalue weighted by molar-refractivity contribution is -0.151. The minimum atomic E-state index is -1.06. The predicted molar refractivity (Wildman–Crippen MR) is 69.2 cm³/mol. The van der Waals surface area contributed by atoms with Crippen molar-refractivity contribution < 1.29 is 14.7 Å². The summed E-state index contributed by atoms with van der Waals surface area (Å²) in [7, 11) is 0. The number of amides is 1. The zero-order valence-corrected chi connectivity index (χ0v) is 11.5. The molecule has 1 unspecified atom stereocenters. The van der Waals surface area contributed by atoms with Crippen LogP contribution in [0.1, 0.15) is 40.0 Å². The molecule has 0 aromatic rings. The second kappa shape index (κ2) is 6.18. The highest BCUT2D eigenvalue weighted by Gasteiger charge is 2.37. The van der Waals surface area contributed by atoms with Gasteiger partial charge in [0, 0.05) is 12.6 Å². The van der Waals surface area contributed by atoms with Crippen LogP contribution in [0.15, 0.2) is 0 Å². The predicted octanol–water partition coefficient (Wildman–Crippen LogP) is 0.992. The molecule has 0 aromatic heterocycles. The van der Waals surface area contributed by atoms with Gasteiger partial charge in [-0.05, 0) is 31.2 Å². The Kier molecular flexibility index (Phi) is 5.14. The van der Waals surface area contributed by atoms with E-state index in [1.165, 1.54) is 12.8 Å². The molecule has 5 heteroatoms. The van der Waals surface area contributed by atoms with E-state index in [1.807, 2.05) is 0 Å². The first kappa shape index (κ1) is 15.0. The van der Waals surface area contributed by atoms with Gasteiger partial charge in [0.15, 0.2) is 0 Å². The molecule has 0 aromatic carbocycles. The number of hydrogen-bond acceptors (Lipinski definition) is 3. The van der Waals surface area contributed by atoms with Crippen LogP contribution in [0.5, 0.6) is 0 Å². The molecule has 3 N–H and O–H groups in total. The molecule has 0 bridgehead atoms. The van der Waals surface area contributed by atoms with E-state index in [9.17, 15) is 9.59 Å². The van der Waals surface area contributed by atoms with Crippen molar-refractivity contribution in [2.24, 2.45) is 11.3 Å². The number of carboxylic acids is 1. The largest absolute Gasteiger partial charge is 0.481 e. The first-order chi connectivity index (χ1) is 8.32. The maximum absolute atomic E-state index is 11.8. The van der Waals surface area contributed by atoms with E-state index in [0.29, 0.717) is 12.6 Å². The number of rotatable bonds is 7. The zero-order valence-electron chi connectivity index (χ0n) is 11.5. The molecule has 104 valence electrons. The maximum atomic E-state index is 11.8. The highest BCUT2D eigenvalue weighted by molar-refractivity contribution is 5.97. The van der Waals surface area contributed by atoms with Gasteiger partial charge in [-0.3, -0.25) is 9.59 Å². The summed E-state index contributed by atoms with van der Waals surface area (Å²) >= 11 is 0. The fourth-order valence-electron chi connectivity index (χ4n) is 1.87. The second-order valence-electron chi connectivity index (χ2n) is 6.01. The smallest absolute Gasteiger partial charge is 0.316 e. The van der Waals surface area contributed by atoms with Crippen molar-refractivity contribution in [3.05, 3.63) is 0 Å². The van der Waals surface area contributed by atoms with Gasteiger partial charge in [-0.2, -0.15) is 0 Å². The molecule has 1 aliphatic rings. The fourth-order valence-corrected chi connectivity index (χ4v) is 1.87. The first-order valence-electron chi connectivity index (χ1n) is 6.56. The van der Waals surface area contributed by atoms with E-state index in [0.717, 1.165) is 13.0 Å². The van der Waals surface area contributed by atoms with Gasteiger partial charge in [-0.15, -0.1) is 0 Å². The van der Waals surface area contributed by atoms with Crippen molar-refractivity contribution in [2.75, 3.05) is 13.1 Å². The molecule has 1 aliphatic carbocycles. The molecule has 0 spiro atoms. The topological polar surface area (TPSA) is 78.4 Å². The van der Waals surface area contributed by atoms with E-state index in [-0.39, 0.29) is 5.91 Å². The van der Waals surface area contributed by atoms with Gasteiger partial charge in [-0.1, -0.05) is 20.8 Å². The minimum Gasteiger partial charge on any atom is -0.481 e. The van der Waals surface area contributed by atoms with E-state index in [2.05, 4.69) is 10.6 Å². The number of aliphatic carboxylic acids is 1. The molecule has 18 heavy (non-hydrogen) atoms. The number of carbonyl (C=O) groups excluding carboxylic acids is 1. The molecule has 1 atom stereocenters. The first-order valence-corrected chi connectivity index (χ1v) is 6.56. The monoisotopic (exact) mass is 256 g/mol. The van der Waals surface area contributed by atoms with Crippen molar-refractivity contribution >= 4 is 11.9 Å². The Hall–Kier alpha value is -1.10. The average molecular weight is 256 g/mol. The van der Waals surface area contributed by atoms with Crippen LogP contribution in [0.25, 0.3) is 0 Å². The summed E-state index contributed by atoms with van der Waals surface area (Å²) in [6, 6.07) is 0.669. The number of hydrogen-bond donors (Lipinski definition) is 3. The van der Waals surface area contributed by atoms with E-state index in [1.54, 1.807) is 20.8 Å². The summed E-state index contributed by atoms with van der Waals surface area (Å²) in [5.41, 5.74) is -0.567. The Balaban J connectivity index is 2.25. The van der Waals surface area contributed by atoms with Gasteiger partial charge in [-0.25, -0.2) is 0 Å². The molecule has 0 heterocycles. The number of carbonyl (C=O) groups is 2. The summed E-state index contributed by atoms with van der Waals surface area (Å²) in [6.45, 7) is 6.69. The highest BCUT2D eigenvalue weighted by atomic mass is 16.4. The van der Waals surface area contributed by atoms with E-state index in [4.69, 9.17) is 5.11 Å². The Morgan fingerprint density at radius 3 is 2.33 bits per heavy atom. The molecular weight excluding hydrogens is 232 g/mol. The maximum Gasteiger partial charge on any atom is 0.316 e. The van der Waals surface area contributed by atoms with Gasteiger partial charge in [0.25, 0.3) is 0 Å². The van der Waals surface area contributed by atoms with Crippen LogP contribution < -0.4 is 10.6 Å². The van der Waals surface area contributed by atoms with Gasteiger partial charge in [0.2, 0.25) is 5.91 Å². The van der Waals surface area contributed by atoms with E-state index >= 15 is 0 Å². The molecular formula is C13H24N2O3. The standard InChI is InChI=1S/C13H24N2O3/c1-13(2,3)10(12(17)18)11(16)15-8-4-7-14-9-5-6-9/h9-10,14H,4-8H2,1-3H3,(H,15,16)(H,17,18). The van der Waals surface area contributed by atoms with E-state index < -0.39 is 17.3 Å². The normalized spacial score (nSPS) is 17.3. The van der Waals surface area contributed by atoms with Gasteiger partial charge in [0.1, 0.15) is 5.92 Å². The lowest BCUT2D eigenvalue weighted by atomic mass is 9.80. The van der Waals surface area contributed by atoms with Crippen LogP contribution in [-0.2, 0) is 9.59 Å². The Bertz CT molecular complexity index is 306. The Morgan fingerprint density at radius 2 is 1.89 bits per heavy atom. The molecule has 1 rings (SSSR count). The summed E-state index contributed by atoms with van der Waals surface area (Å²) in [5, 5.41) is 15.1. The van der Waals surface area contributed by atoms with Gasteiger partial charge >= 0.3 is 5.97 Å². The fraction of sp³-hybridized carbons (Fsp3) is 0.846. The summed E-state index contributed by atoms with van der Waals surface area (Å²) < 4.78 is 0.